The fraction of sp³-hybridized carbons (Fsp3) is 0.467. The molecule has 2 atom stereocenters. The summed E-state index contributed by atoms with van der Waals surface area (Å²) in [5.74, 6) is 1.81. The number of hydrazine groups is 1. The van der Waals surface area contributed by atoms with E-state index >= 15 is 0 Å². The maximum Gasteiger partial charge on any atom is 0.245 e. The number of nitrogens with two attached hydrogens (primary N) is 1. The third-order valence-electron chi connectivity index (χ3n) is 3.93. The number of nitrogens with zero attached hydrogens (tertiary/aromatic N) is 2. The van der Waals surface area contributed by atoms with Gasteiger partial charge in [-0.1, -0.05) is 43.3 Å². The first kappa shape index (κ1) is 14.2. The summed E-state index contributed by atoms with van der Waals surface area (Å²) in [4.78, 5) is 4.50. The lowest BCUT2D eigenvalue weighted by molar-refractivity contribution is 0.339. The van der Waals surface area contributed by atoms with E-state index in [-0.39, 0.29) is 6.04 Å². The summed E-state index contributed by atoms with van der Waals surface area (Å²) in [7, 11) is 0. The Kier molecular flexibility index (Phi) is 4.01. The van der Waals surface area contributed by atoms with E-state index in [4.69, 9.17) is 10.3 Å². The molecule has 4 N–H and O–H groups in total. The molecule has 6 nitrogen and oxygen atoms in total. The van der Waals surface area contributed by atoms with Crippen molar-refractivity contribution >= 4 is 0 Å². The molecule has 1 aromatic carbocycles. The maximum absolute atomic E-state index is 5.60. The minimum Gasteiger partial charge on any atom is -0.337 e. The van der Waals surface area contributed by atoms with Crippen LogP contribution in [0.1, 0.15) is 37.8 Å². The van der Waals surface area contributed by atoms with Crippen molar-refractivity contribution in [3.8, 4) is 11.4 Å². The first-order chi connectivity index (χ1) is 10.2. The van der Waals surface area contributed by atoms with Crippen molar-refractivity contribution in [2.45, 2.75) is 38.9 Å². The lowest BCUT2D eigenvalue weighted by atomic mass is 10.00. The number of nitrogens with one attached hydrogen (secondary N) is 2. The molecule has 112 valence electrons. The molecule has 2 unspecified atom stereocenters. The van der Waals surface area contributed by atoms with Gasteiger partial charge in [-0.3, -0.25) is 5.43 Å². The van der Waals surface area contributed by atoms with E-state index in [9.17, 15) is 0 Å². The molecule has 0 spiro atoms. The Morgan fingerprint density at radius 2 is 2.05 bits per heavy atom. The number of hydrogen-bond donors (Lipinski definition) is 3. The highest BCUT2D eigenvalue weighted by molar-refractivity contribution is 5.54. The van der Waals surface area contributed by atoms with Gasteiger partial charge in [0, 0.05) is 18.2 Å². The minimum absolute atomic E-state index is 0.0713. The zero-order chi connectivity index (χ0) is 14.8. The van der Waals surface area contributed by atoms with Crippen LogP contribution in [0.5, 0.6) is 0 Å². The van der Waals surface area contributed by atoms with Crippen molar-refractivity contribution in [1.29, 1.82) is 0 Å². The number of benzene rings is 1. The second-order valence-corrected chi connectivity index (χ2v) is 5.78. The number of aromatic nitrogens is 2. The summed E-state index contributed by atoms with van der Waals surface area (Å²) in [5, 5.41) is 4.07. The van der Waals surface area contributed by atoms with Gasteiger partial charge in [0.2, 0.25) is 11.7 Å². The van der Waals surface area contributed by atoms with Crippen LogP contribution < -0.4 is 16.6 Å². The van der Waals surface area contributed by atoms with E-state index in [2.05, 4.69) is 34.8 Å². The highest BCUT2D eigenvalue weighted by atomic mass is 16.5. The molecule has 6 heteroatoms. The molecule has 0 aliphatic carbocycles. The molecular formula is C15H21N5O. The Morgan fingerprint density at radius 3 is 2.67 bits per heavy atom. The van der Waals surface area contributed by atoms with E-state index < -0.39 is 0 Å². The summed E-state index contributed by atoms with van der Waals surface area (Å²) in [5.41, 5.74) is 14.1. The molecule has 2 heterocycles. The van der Waals surface area contributed by atoms with Crippen molar-refractivity contribution in [3.05, 3.63) is 35.7 Å². The predicted molar refractivity (Wildman–Crippen MR) is 79.9 cm³/mol. The smallest absolute Gasteiger partial charge is 0.245 e. The Balaban J connectivity index is 1.74. The van der Waals surface area contributed by atoms with Crippen LogP contribution in [0.25, 0.3) is 11.4 Å². The van der Waals surface area contributed by atoms with Gasteiger partial charge in [0.25, 0.3) is 0 Å². The Hall–Kier alpha value is -1.76. The van der Waals surface area contributed by atoms with Crippen LogP contribution >= 0.6 is 0 Å². The molecule has 1 fully saturated rings. The number of rotatable bonds is 4. The molecule has 1 aliphatic rings. The minimum atomic E-state index is 0.0713. The first-order valence-electron chi connectivity index (χ1n) is 7.31. The molecular weight excluding hydrogens is 266 g/mol. The van der Waals surface area contributed by atoms with Gasteiger partial charge in [-0.2, -0.15) is 4.98 Å². The molecule has 0 radical (unpaired) electrons. The molecule has 0 saturated carbocycles. The third kappa shape index (κ3) is 2.97. The molecule has 0 amide bonds. The largest absolute Gasteiger partial charge is 0.337 e. The van der Waals surface area contributed by atoms with E-state index in [1.54, 1.807) is 0 Å². The summed E-state index contributed by atoms with van der Waals surface area (Å²) in [6.07, 6.45) is 0.950. The fourth-order valence-electron chi connectivity index (χ4n) is 2.46. The van der Waals surface area contributed by atoms with Crippen LogP contribution in [0.4, 0.5) is 0 Å². The predicted octanol–water partition coefficient (Wildman–Crippen LogP) is 1.76. The molecule has 1 aliphatic heterocycles. The van der Waals surface area contributed by atoms with Crippen molar-refractivity contribution in [2.75, 3.05) is 0 Å². The lowest BCUT2D eigenvalue weighted by Crippen LogP contribution is -2.33. The van der Waals surface area contributed by atoms with Gasteiger partial charge in [-0.15, -0.1) is 0 Å². The maximum atomic E-state index is 5.60. The average Bonchev–Trinajstić information content (AvgIpc) is 3.16. The van der Waals surface area contributed by atoms with E-state index in [1.807, 2.05) is 24.3 Å². The highest BCUT2D eigenvalue weighted by Crippen LogP contribution is 2.26. The van der Waals surface area contributed by atoms with Gasteiger partial charge in [-0.25, -0.2) is 5.43 Å². The van der Waals surface area contributed by atoms with E-state index in [0.717, 1.165) is 17.5 Å². The summed E-state index contributed by atoms with van der Waals surface area (Å²) >= 11 is 0. The van der Waals surface area contributed by atoms with Gasteiger partial charge in [0.15, 0.2) is 0 Å². The van der Waals surface area contributed by atoms with Gasteiger partial charge in [-0.05, 0) is 17.9 Å². The van der Waals surface area contributed by atoms with Crippen LogP contribution in [0.3, 0.4) is 0 Å². The van der Waals surface area contributed by atoms with Crippen LogP contribution in [0.15, 0.2) is 28.8 Å². The SMILES string of the molecule is CC(C)C1CC(c2nc(-c3ccc(CN)cc3)no2)NN1. The average molecular weight is 287 g/mol. The highest BCUT2D eigenvalue weighted by Gasteiger charge is 2.30. The first-order valence-corrected chi connectivity index (χ1v) is 7.31. The second-order valence-electron chi connectivity index (χ2n) is 5.78. The van der Waals surface area contributed by atoms with Gasteiger partial charge in [0.05, 0.1) is 0 Å². The van der Waals surface area contributed by atoms with Crippen LogP contribution in [0.2, 0.25) is 0 Å². The van der Waals surface area contributed by atoms with Crippen LogP contribution in [-0.4, -0.2) is 16.2 Å². The quantitative estimate of drug-likeness (QED) is 0.794. The lowest BCUT2D eigenvalue weighted by Gasteiger charge is -2.12. The summed E-state index contributed by atoms with van der Waals surface area (Å²) in [6, 6.07) is 8.39. The van der Waals surface area contributed by atoms with E-state index in [1.165, 1.54) is 0 Å². The Labute approximate surface area is 124 Å². The van der Waals surface area contributed by atoms with Gasteiger partial charge < -0.3 is 10.3 Å². The van der Waals surface area contributed by atoms with Crippen LogP contribution in [-0.2, 0) is 6.54 Å². The van der Waals surface area contributed by atoms with Crippen molar-refractivity contribution in [3.63, 3.8) is 0 Å². The molecule has 1 saturated heterocycles. The Bertz CT molecular complexity index is 592. The third-order valence-corrected chi connectivity index (χ3v) is 3.93. The molecule has 2 aromatic rings. The summed E-state index contributed by atoms with van der Waals surface area (Å²) < 4.78 is 5.40. The standard InChI is InChI=1S/C15H21N5O/c1-9(2)12-7-13(19-18-12)15-17-14(20-21-15)11-5-3-10(8-16)4-6-11/h3-6,9,12-13,18-19H,7-8,16H2,1-2H3. The molecule has 3 rings (SSSR count). The van der Waals surface area contributed by atoms with Gasteiger partial charge >= 0.3 is 0 Å². The van der Waals surface area contributed by atoms with Crippen molar-refractivity contribution in [1.82, 2.24) is 21.0 Å². The molecule has 21 heavy (non-hydrogen) atoms. The monoisotopic (exact) mass is 287 g/mol. The topological polar surface area (TPSA) is 89.0 Å². The van der Waals surface area contributed by atoms with Crippen molar-refractivity contribution in [2.24, 2.45) is 11.7 Å². The zero-order valence-electron chi connectivity index (χ0n) is 12.3. The van der Waals surface area contributed by atoms with Gasteiger partial charge in [0.1, 0.15) is 6.04 Å². The summed E-state index contributed by atoms with van der Waals surface area (Å²) in [6.45, 7) is 4.92. The second kappa shape index (κ2) is 5.93. The Morgan fingerprint density at radius 1 is 1.29 bits per heavy atom. The zero-order valence-corrected chi connectivity index (χ0v) is 12.3. The molecule has 1 aromatic heterocycles. The fourth-order valence-corrected chi connectivity index (χ4v) is 2.46. The van der Waals surface area contributed by atoms with E-state index in [0.29, 0.717) is 30.2 Å². The van der Waals surface area contributed by atoms with Crippen LogP contribution in [0, 0.1) is 5.92 Å². The number of hydrogen-bond acceptors (Lipinski definition) is 6. The normalized spacial score (nSPS) is 22.1. The molecule has 0 bridgehead atoms. The van der Waals surface area contributed by atoms with Crippen molar-refractivity contribution < 1.29 is 4.52 Å².